The summed E-state index contributed by atoms with van der Waals surface area (Å²) in [6.45, 7) is -5.27. The molecule has 0 fully saturated rings. The van der Waals surface area contributed by atoms with Gasteiger partial charge in [0.25, 0.3) is 0 Å². The van der Waals surface area contributed by atoms with Gasteiger partial charge in [0, 0.05) is 0 Å². The predicted octanol–water partition coefficient (Wildman–Crippen LogP) is 2.72. The van der Waals surface area contributed by atoms with Gasteiger partial charge in [0.2, 0.25) is 0 Å². The van der Waals surface area contributed by atoms with E-state index in [2.05, 4.69) is 11.5 Å². The van der Waals surface area contributed by atoms with Crippen LogP contribution in [0, 0.1) is 0 Å². The Bertz CT molecular complexity index is 366. The maximum absolute atomic E-state index is 12.9. The van der Waals surface area contributed by atoms with Crippen molar-refractivity contribution in [1.29, 1.82) is 0 Å². The Hall–Kier alpha value is -0.920. The second kappa shape index (κ2) is 5.32. The van der Waals surface area contributed by atoms with Crippen molar-refractivity contribution in [3.8, 4) is 0 Å². The lowest BCUT2D eigenvalue weighted by atomic mass is 9.91. The van der Waals surface area contributed by atoms with Gasteiger partial charge < -0.3 is 11.5 Å². The summed E-state index contributed by atoms with van der Waals surface area (Å²) < 4.78 is 153. The molecule has 0 saturated heterocycles. The number of alkyl halides is 12. The zero-order valence-corrected chi connectivity index (χ0v) is 10.1. The minimum Gasteiger partial charge on any atom is -0.325 e. The topological polar surface area (TPSA) is 52.0 Å². The molecule has 0 amide bonds. The summed E-state index contributed by atoms with van der Waals surface area (Å²) in [6.07, 6.45) is 0. The molecule has 14 heteroatoms. The van der Waals surface area contributed by atoms with Gasteiger partial charge in [0.1, 0.15) is 0 Å². The van der Waals surface area contributed by atoms with Crippen molar-refractivity contribution in [2.75, 3.05) is 13.1 Å². The Morgan fingerprint density at radius 3 is 0.727 bits per heavy atom. The largest absolute Gasteiger partial charge is 0.384 e. The molecule has 22 heavy (non-hydrogen) atoms. The minimum atomic E-state index is -7.56. The maximum atomic E-state index is 12.9. The molecule has 0 heterocycles. The number of halogens is 12. The number of nitrogens with two attached hydrogens (primary N) is 2. The Balaban J connectivity index is 6.19. The van der Waals surface area contributed by atoms with Crippen LogP contribution in [0.4, 0.5) is 52.7 Å². The molecular weight excluding hydrogens is 352 g/mol. The fraction of sp³-hybridized carbons (Fsp3) is 1.00. The first-order valence-corrected chi connectivity index (χ1v) is 5.04. The van der Waals surface area contributed by atoms with Gasteiger partial charge in [-0.15, -0.1) is 0 Å². The first-order chi connectivity index (χ1) is 9.37. The van der Waals surface area contributed by atoms with Gasteiger partial charge >= 0.3 is 35.5 Å². The molecular formula is C8H8F12N2. The molecule has 0 aliphatic rings. The van der Waals surface area contributed by atoms with E-state index in [-0.39, 0.29) is 0 Å². The van der Waals surface area contributed by atoms with E-state index in [1.807, 2.05) is 0 Å². The molecule has 0 aromatic rings. The molecule has 134 valence electrons. The monoisotopic (exact) mass is 360 g/mol. The predicted molar refractivity (Wildman–Crippen MR) is 47.8 cm³/mol. The van der Waals surface area contributed by atoms with Crippen LogP contribution in [-0.2, 0) is 0 Å². The average molecular weight is 360 g/mol. The third-order valence-corrected chi connectivity index (χ3v) is 2.61. The lowest BCUT2D eigenvalue weighted by Gasteiger charge is -2.40. The molecule has 0 bridgehead atoms. The fourth-order valence-electron chi connectivity index (χ4n) is 1.11. The highest BCUT2D eigenvalue weighted by Crippen LogP contribution is 2.59. The summed E-state index contributed by atoms with van der Waals surface area (Å²) in [5.41, 5.74) is 7.98. The first kappa shape index (κ1) is 21.1. The van der Waals surface area contributed by atoms with E-state index in [9.17, 15) is 52.7 Å². The number of hydrogen-bond acceptors (Lipinski definition) is 2. The van der Waals surface area contributed by atoms with Crippen molar-refractivity contribution in [3.63, 3.8) is 0 Å². The molecule has 0 radical (unpaired) electrons. The van der Waals surface area contributed by atoms with E-state index in [4.69, 9.17) is 0 Å². The van der Waals surface area contributed by atoms with Crippen molar-refractivity contribution in [1.82, 2.24) is 0 Å². The number of hydrogen-bond donors (Lipinski definition) is 2. The second-order valence-electron chi connectivity index (χ2n) is 4.11. The van der Waals surface area contributed by atoms with Crippen LogP contribution < -0.4 is 11.5 Å². The van der Waals surface area contributed by atoms with E-state index in [0.29, 0.717) is 0 Å². The van der Waals surface area contributed by atoms with Crippen LogP contribution in [-0.4, -0.2) is 48.6 Å². The summed E-state index contributed by atoms with van der Waals surface area (Å²) >= 11 is 0. The van der Waals surface area contributed by atoms with Gasteiger partial charge in [-0.25, -0.2) is 0 Å². The molecule has 0 unspecified atom stereocenters. The van der Waals surface area contributed by atoms with E-state index in [0.717, 1.165) is 0 Å². The van der Waals surface area contributed by atoms with Gasteiger partial charge in [-0.3, -0.25) is 0 Å². The van der Waals surface area contributed by atoms with Crippen LogP contribution >= 0.6 is 0 Å². The van der Waals surface area contributed by atoms with Gasteiger partial charge in [0.15, 0.2) is 0 Å². The molecule has 0 aromatic heterocycles. The van der Waals surface area contributed by atoms with Crippen molar-refractivity contribution < 1.29 is 52.7 Å². The summed E-state index contributed by atoms with van der Waals surface area (Å²) in [6, 6.07) is 0. The lowest BCUT2D eigenvalue weighted by Crippen LogP contribution is -2.72. The Morgan fingerprint density at radius 1 is 0.409 bits per heavy atom. The van der Waals surface area contributed by atoms with Crippen LogP contribution in [0.2, 0.25) is 0 Å². The standard InChI is InChI=1S/C8H8F12N2/c9-3(10,1-21)5(13,14)7(17,18)8(19,20)6(15,16)4(11,12)2-22/h1-2,21-22H2. The van der Waals surface area contributed by atoms with E-state index >= 15 is 0 Å². The lowest BCUT2D eigenvalue weighted by molar-refractivity contribution is -0.422. The zero-order valence-electron chi connectivity index (χ0n) is 10.1. The van der Waals surface area contributed by atoms with Gasteiger partial charge in [-0.05, 0) is 0 Å². The maximum Gasteiger partial charge on any atom is 0.384 e. The van der Waals surface area contributed by atoms with E-state index < -0.39 is 48.6 Å². The van der Waals surface area contributed by atoms with Crippen molar-refractivity contribution in [3.05, 3.63) is 0 Å². The highest BCUT2D eigenvalue weighted by atomic mass is 19.4. The Morgan fingerprint density at radius 2 is 0.591 bits per heavy atom. The highest BCUT2D eigenvalue weighted by molar-refractivity contribution is 5.11. The second-order valence-corrected chi connectivity index (χ2v) is 4.11. The van der Waals surface area contributed by atoms with Crippen LogP contribution in [0.25, 0.3) is 0 Å². The third kappa shape index (κ3) is 2.49. The average Bonchev–Trinajstić information content (AvgIpc) is 2.37. The van der Waals surface area contributed by atoms with Crippen LogP contribution in [0.1, 0.15) is 0 Å². The molecule has 0 saturated carbocycles. The van der Waals surface area contributed by atoms with E-state index in [1.54, 1.807) is 0 Å². The zero-order chi connectivity index (χ0) is 18.4. The first-order valence-electron chi connectivity index (χ1n) is 5.04. The quantitative estimate of drug-likeness (QED) is 0.686. The normalized spacial score (nSPS) is 16.1. The van der Waals surface area contributed by atoms with Crippen LogP contribution in [0.5, 0.6) is 0 Å². The molecule has 0 aliphatic heterocycles. The SMILES string of the molecule is NCC(F)(F)C(F)(F)C(F)(F)C(F)(F)C(F)(F)C(F)(F)CN. The van der Waals surface area contributed by atoms with Gasteiger partial charge in [-0.1, -0.05) is 0 Å². The van der Waals surface area contributed by atoms with Crippen molar-refractivity contribution in [2.24, 2.45) is 11.5 Å². The summed E-state index contributed by atoms with van der Waals surface area (Å²) in [5, 5.41) is 0. The molecule has 4 N–H and O–H groups in total. The molecule has 0 aliphatic carbocycles. The highest BCUT2D eigenvalue weighted by Gasteiger charge is 2.89. The van der Waals surface area contributed by atoms with Crippen molar-refractivity contribution >= 4 is 0 Å². The fourth-order valence-corrected chi connectivity index (χ4v) is 1.11. The van der Waals surface area contributed by atoms with Crippen LogP contribution in [0.3, 0.4) is 0 Å². The molecule has 0 aromatic carbocycles. The van der Waals surface area contributed by atoms with Crippen molar-refractivity contribution in [2.45, 2.75) is 35.5 Å². The molecule has 0 rings (SSSR count). The smallest absolute Gasteiger partial charge is 0.325 e. The Labute approximate surface area is 114 Å². The summed E-state index contributed by atoms with van der Waals surface area (Å²) in [4.78, 5) is 0. The summed E-state index contributed by atoms with van der Waals surface area (Å²) in [5.74, 6) is -41.6. The van der Waals surface area contributed by atoms with E-state index in [1.165, 1.54) is 0 Å². The van der Waals surface area contributed by atoms with Gasteiger partial charge in [-0.2, -0.15) is 52.7 Å². The molecule has 0 atom stereocenters. The third-order valence-electron chi connectivity index (χ3n) is 2.61. The van der Waals surface area contributed by atoms with Gasteiger partial charge in [0.05, 0.1) is 13.1 Å². The number of rotatable bonds is 7. The molecule has 0 spiro atoms. The minimum absolute atomic E-state index is 2.63. The van der Waals surface area contributed by atoms with Crippen LogP contribution in [0.15, 0.2) is 0 Å². The molecule has 2 nitrogen and oxygen atoms in total. The Kier molecular flexibility index (Phi) is 5.09. The summed E-state index contributed by atoms with van der Waals surface area (Å²) in [7, 11) is 0.